The summed E-state index contributed by atoms with van der Waals surface area (Å²) in [5, 5.41) is 13.1. The number of halogens is 1. The van der Waals surface area contributed by atoms with Gasteiger partial charge in [0, 0.05) is 11.1 Å². The fourth-order valence-corrected chi connectivity index (χ4v) is 2.85. The van der Waals surface area contributed by atoms with Crippen LogP contribution < -0.4 is 5.56 Å². The zero-order chi connectivity index (χ0) is 14.3. The molecule has 3 aromatic rings. The molecule has 0 fully saturated rings. The fourth-order valence-electron chi connectivity index (χ4n) is 1.95. The number of aryl methyl sites for hydroxylation is 1. The Hall–Kier alpha value is -2.06. The third kappa shape index (κ3) is 2.23. The maximum absolute atomic E-state index is 13.3. The molecule has 3 heterocycles. The summed E-state index contributed by atoms with van der Waals surface area (Å²) < 4.78 is 14.6. The van der Waals surface area contributed by atoms with Gasteiger partial charge in [-0.05, 0) is 13.0 Å². The van der Waals surface area contributed by atoms with Crippen LogP contribution in [-0.2, 0) is 13.2 Å². The molecule has 0 aliphatic rings. The number of thiophene rings is 1. The Bertz CT molecular complexity index is 836. The van der Waals surface area contributed by atoms with Crippen molar-refractivity contribution in [3.8, 4) is 0 Å². The normalized spacial score (nSPS) is 11.3. The smallest absolute Gasteiger partial charge is 0.259 e. The molecular formula is C12H11FN4O2S. The van der Waals surface area contributed by atoms with E-state index in [4.69, 9.17) is 5.11 Å². The SMILES string of the molecule is Cc1cc2c(=O)[nH]c(Cn3cc(CO)c(F)n3)nc2s1. The number of nitrogens with one attached hydrogen (secondary N) is 1. The summed E-state index contributed by atoms with van der Waals surface area (Å²) in [6.45, 7) is 1.62. The Balaban J connectivity index is 1.99. The first-order valence-corrected chi connectivity index (χ1v) is 6.70. The lowest BCUT2D eigenvalue weighted by atomic mass is 10.3. The summed E-state index contributed by atoms with van der Waals surface area (Å²) in [6.07, 6.45) is 1.39. The van der Waals surface area contributed by atoms with Crippen molar-refractivity contribution in [1.82, 2.24) is 19.7 Å². The molecule has 0 unspecified atom stereocenters. The number of nitrogens with zero attached hydrogens (tertiary/aromatic N) is 3. The van der Waals surface area contributed by atoms with Crippen molar-refractivity contribution in [3.05, 3.63) is 44.8 Å². The molecule has 0 spiro atoms. The van der Waals surface area contributed by atoms with Gasteiger partial charge in [0.05, 0.1) is 24.1 Å². The third-order valence-corrected chi connectivity index (χ3v) is 3.79. The topological polar surface area (TPSA) is 83.8 Å². The van der Waals surface area contributed by atoms with Crippen molar-refractivity contribution < 1.29 is 9.50 Å². The van der Waals surface area contributed by atoms with Crippen molar-refractivity contribution in [1.29, 1.82) is 0 Å². The first kappa shape index (κ1) is 12.9. The minimum Gasteiger partial charge on any atom is -0.391 e. The Morgan fingerprint density at radius 3 is 3.05 bits per heavy atom. The van der Waals surface area contributed by atoms with E-state index >= 15 is 0 Å². The molecule has 0 amide bonds. The highest BCUT2D eigenvalue weighted by atomic mass is 32.1. The molecule has 6 nitrogen and oxygen atoms in total. The van der Waals surface area contributed by atoms with Crippen LogP contribution in [0.5, 0.6) is 0 Å². The number of aliphatic hydroxyl groups excluding tert-OH is 1. The van der Waals surface area contributed by atoms with E-state index in [2.05, 4.69) is 15.1 Å². The average molecular weight is 294 g/mol. The van der Waals surface area contributed by atoms with Gasteiger partial charge in [-0.25, -0.2) is 4.98 Å². The van der Waals surface area contributed by atoms with E-state index < -0.39 is 12.6 Å². The second-order valence-corrected chi connectivity index (χ2v) is 5.62. The van der Waals surface area contributed by atoms with E-state index in [0.29, 0.717) is 16.0 Å². The summed E-state index contributed by atoms with van der Waals surface area (Å²) >= 11 is 1.43. The standard InChI is InChI=1S/C12H11FN4O2S/c1-6-2-8-11(19)14-9(15-12(8)20-6)4-17-3-7(5-18)10(13)16-17/h2-3,18H,4-5H2,1H3,(H,14,15,19). The van der Waals surface area contributed by atoms with E-state index in [1.165, 1.54) is 22.2 Å². The van der Waals surface area contributed by atoms with Gasteiger partial charge < -0.3 is 10.1 Å². The fraction of sp³-hybridized carbons (Fsp3) is 0.250. The van der Waals surface area contributed by atoms with Crippen LogP contribution in [0.1, 0.15) is 16.3 Å². The van der Waals surface area contributed by atoms with Crippen molar-refractivity contribution in [3.63, 3.8) is 0 Å². The van der Waals surface area contributed by atoms with Crippen LogP contribution in [0, 0.1) is 12.9 Å². The molecule has 0 bridgehead atoms. The highest BCUT2D eigenvalue weighted by Crippen LogP contribution is 2.19. The van der Waals surface area contributed by atoms with E-state index in [-0.39, 0.29) is 17.7 Å². The van der Waals surface area contributed by atoms with E-state index in [0.717, 1.165) is 4.88 Å². The van der Waals surface area contributed by atoms with Crippen molar-refractivity contribution in [2.75, 3.05) is 0 Å². The van der Waals surface area contributed by atoms with Crippen LogP contribution >= 0.6 is 11.3 Å². The molecule has 104 valence electrons. The van der Waals surface area contributed by atoms with Gasteiger partial charge >= 0.3 is 0 Å². The first-order valence-electron chi connectivity index (χ1n) is 5.89. The lowest BCUT2D eigenvalue weighted by molar-refractivity contribution is 0.275. The molecule has 0 aliphatic carbocycles. The Labute approximate surface area is 116 Å². The zero-order valence-electron chi connectivity index (χ0n) is 10.6. The predicted molar refractivity (Wildman–Crippen MR) is 72.2 cm³/mol. The maximum atomic E-state index is 13.3. The average Bonchev–Trinajstić information content (AvgIpc) is 2.92. The maximum Gasteiger partial charge on any atom is 0.259 e. The molecular weight excluding hydrogens is 283 g/mol. The van der Waals surface area contributed by atoms with Crippen LogP contribution in [-0.4, -0.2) is 24.9 Å². The van der Waals surface area contributed by atoms with Crippen LogP contribution in [0.25, 0.3) is 10.2 Å². The van der Waals surface area contributed by atoms with Crippen LogP contribution in [0.3, 0.4) is 0 Å². The Morgan fingerprint density at radius 2 is 2.35 bits per heavy atom. The number of aliphatic hydroxyl groups is 1. The molecule has 3 aromatic heterocycles. The van der Waals surface area contributed by atoms with E-state index in [1.807, 2.05) is 6.92 Å². The summed E-state index contributed by atoms with van der Waals surface area (Å²) in [7, 11) is 0. The highest BCUT2D eigenvalue weighted by Gasteiger charge is 2.10. The van der Waals surface area contributed by atoms with Gasteiger partial charge in [-0.2, -0.15) is 4.39 Å². The number of H-pyrrole nitrogens is 1. The largest absolute Gasteiger partial charge is 0.391 e. The van der Waals surface area contributed by atoms with Gasteiger partial charge in [0.25, 0.3) is 5.56 Å². The highest BCUT2D eigenvalue weighted by molar-refractivity contribution is 7.18. The quantitative estimate of drug-likeness (QED) is 0.759. The summed E-state index contributed by atoms with van der Waals surface area (Å²) in [4.78, 5) is 20.5. The van der Waals surface area contributed by atoms with Gasteiger partial charge in [-0.3, -0.25) is 9.48 Å². The summed E-state index contributed by atoms with van der Waals surface area (Å²) in [5.41, 5.74) is -0.107. The second kappa shape index (κ2) is 4.80. The number of rotatable bonds is 3. The minimum absolute atomic E-state index is 0.111. The molecule has 0 saturated heterocycles. The van der Waals surface area contributed by atoms with E-state index in [9.17, 15) is 9.18 Å². The number of hydrogen-bond acceptors (Lipinski definition) is 5. The Morgan fingerprint density at radius 1 is 1.55 bits per heavy atom. The van der Waals surface area contributed by atoms with Gasteiger partial charge in [-0.15, -0.1) is 16.4 Å². The van der Waals surface area contributed by atoms with Crippen molar-refractivity contribution in [2.45, 2.75) is 20.1 Å². The summed E-state index contributed by atoms with van der Waals surface area (Å²) in [6, 6.07) is 1.78. The number of aromatic amines is 1. The second-order valence-electron chi connectivity index (χ2n) is 4.39. The van der Waals surface area contributed by atoms with Crippen molar-refractivity contribution in [2.24, 2.45) is 0 Å². The van der Waals surface area contributed by atoms with Gasteiger partial charge in [0.2, 0.25) is 5.95 Å². The molecule has 0 radical (unpaired) electrons. The van der Waals surface area contributed by atoms with E-state index in [1.54, 1.807) is 6.07 Å². The zero-order valence-corrected chi connectivity index (χ0v) is 11.4. The molecule has 0 aromatic carbocycles. The molecule has 0 saturated carbocycles. The van der Waals surface area contributed by atoms with Crippen LogP contribution in [0.4, 0.5) is 4.39 Å². The van der Waals surface area contributed by atoms with Crippen LogP contribution in [0.2, 0.25) is 0 Å². The van der Waals surface area contributed by atoms with Crippen molar-refractivity contribution >= 4 is 21.6 Å². The monoisotopic (exact) mass is 294 g/mol. The molecule has 8 heteroatoms. The minimum atomic E-state index is -0.720. The van der Waals surface area contributed by atoms with Gasteiger partial charge in [-0.1, -0.05) is 0 Å². The van der Waals surface area contributed by atoms with Crippen LogP contribution in [0.15, 0.2) is 17.1 Å². The molecule has 0 aliphatic heterocycles. The molecule has 20 heavy (non-hydrogen) atoms. The lowest BCUT2D eigenvalue weighted by Crippen LogP contribution is -2.13. The molecule has 3 rings (SSSR count). The van der Waals surface area contributed by atoms with Gasteiger partial charge in [0.1, 0.15) is 10.7 Å². The number of fused-ring (bicyclic) bond motifs is 1. The molecule has 2 N–H and O–H groups in total. The predicted octanol–water partition coefficient (Wildman–Crippen LogP) is 1.17. The number of hydrogen-bond donors (Lipinski definition) is 2. The third-order valence-electron chi connectivity index (χ3n) is 2.84. The number of aromatic nitrogens is 4. The first-order chi connectivity index (χ1) is 9.56. The van der Waals surface area contributed by atoms with Gasteiger partial charge in [0.15, 0.2) is 0 Å². The summed E-state index contributed by atoms with van der Waals surface area (Å²) in [5.74, 6) is -0.320. The lowest BCUT2D eigenvalue weighted by Gasteiger charge is -2.00. The molecule has 0 atom stereocenters. The Kier molecular flexibility index (Phi) is 3.11.